The summed E-state index contributed by atoms with van der Waals surface area (Å²) in [6, 6.07) is 3.94. The highest BCUT2D eigenvalue weighted by atomic mass is 16.4. The lowest BCUT2D eigenvalue weighted by molar-refractivity contribution is -0.121. The highest BCUT2D eigenvalue weighted by Crippen LogP contribution is 2.33. The smallest absolute Gasteiger partial charge is 0.220 e. The third-order valence-electron chi connectivity index (χ3n) is 4.70. The molecule has 4 rings (SSSR count). The van der Waals surface area contributed by atoms with Gasteiger partial charge in [0.05, 0.1) is 0 Å². The molecule has 0 aromatic carbocycles. The number of carbonyl (C=O) groups is 1. The van der Waals surface area contributed by atoms with Gasteiger partial charge in [-0.15, -0.1) is 10.2 Å². The molecule has 1 amide bonds. The van der Waals surface area contributed by atoms with Crippen LogP contribution in [0.2, 0.25) is 0 Å². The topological polar surface area (TPSA) is 85.3 Å². The van der Waals surface area contributed by atoms with Crippen LogP contribution >= 0.6 is 0 Å². The van der Waals surface area contributed by atoms with Gasteiger partial charge in [0, 0.05) is 43.9 Å². The van der Waals surface area contributed by atoms with E-state index in [2.05, 4.69) is 20.5 Å². The van der Waals surface area contributed by atoms with Crippen molar-refractivity contribution in [3.05, 3.63) is 48.1 Å². The average molecular weight is 339 g/mol. The van der Waals surface area contributed by atoms with E-state index in [1.54, 1.807) is 6.20 Å². The summed E-state index contributed by atoms with van der Waals surface area (Å²) in [5.41, 5.74) is 1.89. The van der Waals surface area contributed by atoms with Crippen LogP contribution in [-0.4, -0.2) is 25.5 Å². The number of rotatable bonds is 6. The lowest BCUT2D eigenvalue weighted by Crippen LogP contribution is -2.23. The van der Waals surface area contributed by atoms with Gasteiger partial charge >= 0.3 is 0 Å². The quantitative estimate of drug-likeness (QED) is 0.746. The van der Waals surface area contributed by atoms with Crippen LogP contribution in [0.3, 0.4) is 0 Å². The summed E-state index contributed by atoms with van der Waals surface area (Å²) in [4.78, 5) is 16.3. The van der Waals surface area contributed by atoms with Crippen LogP contribution in [0.1, 0.15) is 55.4 Å². The zero-order valence-corrected chi connectivity index (χ0v) is 14.0. The van der Waals surface area contributed by atoms with E-state index in [0.717, 1.165) is 29.9 Å². The van der Waals surface area contributed by atoms with Crippen molar-refractivity contribution in [2.75, 3.05) is 0 Å². The lowest BCUT2D eigenvalue weighted by Gasteiger charge is -2.05. The summed E-state index contributed by atoms with van der Waals surface area (Å²) >= 11 is 0. The first kappa shape index (κ1) is 15.8. The van der Waals surface area contributed by atoms with Gasteiger partial charge in [-0.3, -0.25) is 4.79 Å². The largest absolute Gasteiger partial charge is 0.425 e. The molecule has 3 aromatic rings. The summed E-state index contributed by atoms with van der Waals surface area (Å²) in [5, 5.41) is 11.1. The number of imidazole rings is 1. The highest BCUT2D eigenvalue weighted by Gasteiger charge is 2.22. The van der Waals surface area contributed by atoms with E-state index in [1.807, 2.05) is 28.9 Å². The van der Waals surface area contributed by atoms with E-state index in [9.17, 15) is 4.79 Å². The zero-order chi connectivity index (χ0) is 17.1. The van der Waals surface area contributed by atoms with Crippen LogP contribution in [0.15, 0.2) is 35.1 Å². The predicted molar refractivity (Wildman–Crippen MR) is 90.9 cm³/mol. The highest BCUT2D eigenvalue weighted by molar-refractivity contribution is 5.76. The fourth-order valence-corrected chi connectivity index (χ4v) is 3.28. The lowest BCUT2D eigenvalue weighted by atomic mass is 10.1. The number of aromatic nitrogens is 4. The van der Waals surface area contributed by atoms with Gasteiger partial charge in [-0.2, -0.15) is 0 Å². The second kappa shape index (κ2) is 7.04. The van der Waals surface area contributed by atoms with Crippen LogP contribution in [0.4, 0.5) is 0 Å². The molecule has 7 heteroatoms. The number of hydrogen-bond donors (Lipinski definition) is 1. The number of hydrogen-bond acceptors (Lipinski definition) is 5. The van der Waals surface area contributed by atoms with Crippen molar-refractivity contribution >= 4 is 11.6 Å². The van der Waals surface area contributed by atoms with E-state index >= 15 is 0 Å². The van der Waals surface area contributed by atoms with E-state index in [0.29, 0.717) is 31.2 Å². The maximum Gasteiger partial charge on any atom is 0.220 e. The summed E-state index contributed by atoms with van der Waals surface area (Å²) in [7, 11) is 0. The fraction of sp³-hybridized carbons (Fsp3) is 0.444. The van der Waals surface area contributed by atoms with Crippen molar-refractivity contribution in [3.8, 4) is 0 Å². The molecule has 1 N–H and O–H groups in total. The molecule has 1 fully saturated rings. The first-order chi connectivity index (χ1) is 12.3. The summed E-state index contributed by atoms with van der Waals surface area (Å²) in [6.07, 6.45) is 11.1. The number of aryl methyl sites for hydroxylation is 1. The van der Waals surface area contributed by atoms with Gasteiger partial charge in [-0.25, -0.2) is 4.98 Å². The summed E-state index contributed by atoms with van der Waals surface area (Å²) in [6.45, 7) is 0.485. The maximum atomic E-state index is 12.0. The molecule has 0 saturated heterocycles. The van der Waals surface area contributed by atoms with E-state index in [-0.39, 0.29) is 5.91 Å². The van der Waals surface area contributed by atoms with Gasteiger partial charge in [0.25, 0.3) is 0 Å². The van der Waals surface area contributed by atoms with Gasteiger partial charge in [-0.05, 0) is 30.5 Å². The molecule has 1 aliphatic rings. The van der Waals surface area contributed by atoms with Crippen LogP contribution in [0, 0.1) is 0 Å². The van der Waals surface area contributed by atoms with Gasteiger partial charge in [-0.1, -0.05) is 12.8 Å². The molecule has 130 valence electrons. The molecule has 7 nitrogen and oxygen atoms in total. The monoisotopic (exact) mass is 339 g/mol. The number of pyridine rings is 1. The van der Waals surface area contributed by atoms with Gasteiger partial charge in [0.2, 0.25) is 17.7 Å². The minimum absolute atomic E-state index is 0.0242. The Morgan fingerprint density at radius 3 is 3.04 bits per heavy atom. The molecule has 0 bridgehead atoms. The van der Waals surface area contributed by atoms with E-state index in [4.69, 9.17) is 4.42 Å². The predicted octanol–water partition coefficient (Wildman–Crippen LogP) is 2.62. The number of carbonyl (C=O) groups excluding carboxylic acids is 1. The normalized spacial score (nSPS) is 15.0. The molecule has 3 aromatic heterocycles. The zero-order valence-electron chi connectivity index (χ0n) is 14.0. The van der Waals surface area contributed by atoms with Crippen LogP contribution in [0.5, 0.6) is 0 Å². The minimum Gasteiger partial charge on any atom is -0.425 e. The molecule has 25 heavy (non-hydrogen) atoms. The number of amides is 1. The fourth-order valence-electron chi connectivity index (χ4n) is 3.28. The Kier molecular flexibility index (Phi) is 4.45. The molecular weight excluding hydrogens is 318 g/mol. The standard InChI is InChI=1S/C18H21N5O2/c24-16(20-12-13-7-9-23-10-8-19-15(23)11-13)5-6-17-21-22-18(25-17)14-3-1-2-4-14/h7-11,14H,1-6,12H2,(H,20,24). The summed E-state index contributed by atoms with van der Waals surface area (Å²) in [5.74, 6) is 1.67. The maximum absolute atomic E-state index is 12.0. The molecule has 3 heterocycles. The Hall–Kier alpha value is -2.70. The Balaban J connectivity index is 1.26. The van der Waals surface area contributed by atoms with Crippen molar-refractivity contribution in [3.63, 3.8) is 0 Å². The van der Waals surface area contributed by atoms with Gasteiger partial charge in [0.1, 0.15) is 5.65 Å². The number of nitrogens with zero attached hydrogens (tertiary/aromatic N) is 4. The van der Waals surface area contributed by atoms with Crippen molar-refractivity contribution in [2.45, 2.75) is 51.0 Å². The third-order valence-corrected chi connectivity index (χ3v) is 4.70. The second-order valence-electron chi connectivity index (χ2n) is 6.52. The second-order valence-corrected chi connectivity index (χ2v) is 6.52. The molecule has 0 aliphatic heterocycles. The Bertz CT molecular complexity index is 863. The first-order valence-corrected chi connectivity index (χ1v) is 8.78. The van der Waals surface area contributed by atoms with E-state index in [1.165, 1.54) is 12.8 Å². The summed E-state index contributed by atoms with van der Waals surface area (Å²) < 4.78 is 7.64. The van der Waals surface area contributed by atoms with Crippen molar-refractivity contribution in [1.82, 2.24) is 24.9 Å². The molecule has 0 radical (unpaired) electrons. The number of fused-ring (bicyclic) bond motifs is 1. The molecule has 0 atom stereocenters. The molecular formula is C18H21N5O2. The van der Waals surface area contributed by atoms with Gasteiger partial charge in [0.15, 0.2) is 0 Å². The molecule has 0 unspecified atom stereocenters. The molecule has 0 spiro atoms. The molecule has 1 saturated carbocycles. The Morgan fingerprint density at radius 2 is 2.16 bits per heavy atom. The average Bonchev–Trinajstić information content (AvgIpc) is 3.38. The van der Waals surface area contributed by atoms with Crippen LogP contribution < -0.4 is 5.32 Å². The van der Waals surface area contributed by atoms with Crippen LogP contribution in [-0.2, 0) is 17.8 Å². The Labute approximate surface area is 145 Å². The van der Waals surface area contributed by atoms with Crippen LogP contribution in [0.25, 0.3) is 5.65 Å². The number of nitrogens with one attached hydrogen (secondary N) is 1. The third kappa shape index (κ3) is 3.70. The SMILES string of the molecule is O=C(CCc1nnc(C2CCCC2)o1)NCc1ccn2ccnc2c1. The van der Waals surface area contributed by atoms with Crippen molar-refractivity contribution < 1.29 is 9.21 Å². The van der Waals surface area contributed by atoms with Crippen molar-refractivity contribution in [2.24, 2.45) is 0 Å². The van der Waals surface area contributed by atoms with Gasteiger partial charge < -0.3 is 14.1 Å². The first-order valence-electron chi connectivity index (χ1n) is 8.78. The van der Waals surface area contributed by atoms with E-state index < -0.39 is 0 Å². The Morgan fingerprint density at radius 1 is 1.28 bits per heavy atom. The molecule has 1 aliphatic carbocycles. The van der Waals surface area contributed by atoms with Crippen molar-refractivity contribution in [1.29, 1.82) is 0 Å². The minimum atomic E-state index is -0.0242.